The third kappa shape index (κ3) is 2.98. The van der Waals surface area contributed by atoms with Crippen LogP contribution in [0.25, 0.3) is 0 Å². The molecule has 0 aromatic carbocycles. The van der Waals surface area contributed by atoms with Gasteiger partial charge in [-0.25, -0.2) is 0 Å². The Labute approximate surface area is 148 Å². The van der Waals surface area contributed by atoms with Crippen molar-refractivity contribution in [1.82, 2.24) is 4.90 Å². The van der Waals surface area contributed by atoms with Crippen LogP contribution in [0.15, 0.2) is 0 Å². The third-order valence-electron chi connectivity index (χ3n) is 6.71. The molecule has 2 aliphatic carbocycles. The number of hydrogen-bond acceptors (Lipinski definition) is 6. The molecular formula is C19H27NO5. The van der Waals surface area contributed by atoms with Crippen molar-refractivity contribution in [1.29, 1.82) is 0 Å². The highest BCUT2D eigenvalue weighted by Crippen LogP contribution is 2.38. The summed E-state index contributed by atoms with van der Waals surface area (Å²) in [5.74, 6) is -0.332. The first-order valence-electron chi connectivity index (χ1n) is 9.73. The first kappa shape index (κ1) is 17.0. The van der Waals surface area contributed by atoms with Gasteiger partial charge in [-0.3, -0.25) is 19.3 Å². The molecule has 3 aliphatic heterocycles. The van der Waals surface area contributed by atoms with Crippen LogP contribution in [0, 0.1) is 17.8 Å². The normalized spacial score (nSPS) is 31.1. The molecule has 25 heavy (non-hydrogen) atoms. The number of hydrogen-bond donors (Lipinski definition) is 0. The van der Waals surface area contributed by atoms with Gasteiger partial charge >= 0.3 is 11.9 Å². The lowest BCUT2D eigenvalue weighted by molar-refractivity contribution is -0.177. The predicted molar refractivity (Wildman–Crippen MR) is 88.6 cm³/mol. The Morgan fingerprint density at radius 2 is 1.36 bits per heavy atom. The minimum absolute atomic E-state index is 0.00908. The van der Waals surface area contributed by atoms with Crippen molar-refractivity contribution in [3.05, 3.63) is 0 Å². The van der Waals surface area contributed by atoms with E-state index in [2.05, 4.69) is 4.90 Å². The molecule has 138 valence electrons. The molecule has 0 amide bonds. The number of esters is 2. The summed E-state index contributed by atoms with van der Waals surface area (Å²) < 4.78 is 11.1. The van der Waals surface area contributed by atoms with Gasteiger partial charge in [-0.15, -0.1) is 0 Å². The van der Waals surface area contributed by atoms with Gasteiger partial charge in [0.05, 0.1) is 11.8 Å². The van der Waals surface area contributed by atoms with Crippen LogP contribution in [0.1, 0.15) is 51.4 Å². The number of carbonyl (C=O) groups excluding carboxylic acids is 3. The minimum atomic E-state index is -0.958. The van der Waals surface area contributed by atoms with Crippen LogP contribution >= 0.6 is 0 Å². The smallest absolute Gasteiger partial charge is 0.309 e. The van der Waals surface area contributed by atoms with E-state index in [1.807, 2.05) is 0 Å². The molecule has 0 spiro atoms. The van der Waals surface area contributed by atoms with Gasteiger partial charge in [-0.2, -0.15) is 0 Å². The zero-order valence-corrected chi connectivity index (χ0v) is 14.7. The second kappa shape index (κ2) is 6.71. The summed E-state index contributed by atoms with van der Waals surface area (Å²) in [6.45, 7) is 1.65. The maximum atomic E-state index is 13.0. The Morgan fingerprint density at radius 3 is 1.72 bits per heavy atom. The molecule has 3 saturated heterocycles. The van der Waals surface area contributed by atoms with Crippen LogP contribution in [0.5, 0.6) is 0 Å². The van der Waals surface area contributed by atoms with Crippen LogP contribution in [-0.4, -0.2) is 54.5 Å². The van der Waals surface area contributed by atoms with E-state index in [9.17, 15) is 14.4 Å². The molecule has 6 nitrogen and oxygen atoms in total. The van der Waals surface area contributed by atoms with Gasteiger partial charge in [0, 0.05) is 19.0 Å². The molecule has 3 heterocycles. The van der Waals surface area contributed by atoms with E-state index >= 15 is 0 Å². The van der Waals surface area contributed by atoms with E-state index in [1.54, 1.807) is 0 Å². The van der Waals surface area contributed by atoms with Crippen molar-refractivity contribution in [2.24, 2.45) is 17.8 Å². The van der Waals surface area contributed by atoms with Crippen LogP contribution in [0.3, 0.4) is 0 Å². The molecule has 2 saturated carbocycles. The molecule has 0 radical (unpaired) electrons. The summed E-state index contributed by atoms with van der Waals surface area (Å²) >= 11 is 0. The van der Waals surface area contributed by atoms with E-state index < -0.39 is 5.54 Å². The molecule has 0 atom stereocenters. The molecule has 0 aromatic rings. The Balaban J connectivity index is 1.45. The number of carbonyl (C=O) groups is 3. The van der Waals surface area contributed by atoms with Crippen molar-refractivity contribution in [2.75, 3.05) is 26.3 Å². The number of Topliss-reactive ketones (excluding diaryl/α,β-unsaturated/α-hetero) is 1. The maximum Gasteiger partial charge on any atom is 0.309 e. The van der Waals surface area contributed by atoms with Gasteiger partial charge in [0.2, 0.25) is 0 Å². The van der Waals surface area contributed by atoms with Crippen LogP contribution < -0.4 is 0 Å². The van der Waals surface area contributed by atoms with Crippen LogP contribution in [0.2, 0.25) is 0 Å². The molecule has 2 bridgehead atoms. The predicted octanol–water partition coefficient (Wildman–Crippen LogP) is 1.71. The Bertz CT molecular complexity index is 528. The SMILES string of the molecule is O=C(OCC1(COC(=O)C2CCC2)C(=O)C2CCN1CC2)C1CCC1. The number of nitrogens with zero attached hydrogens (tertiary/aromatic N) is 1. The summed E-state index contributed by atoms with van der Waals surface area (Å²) in [6.07, 6.45) is 7.35. The first-order valence-corrected chi connectivity index (χ1v) is 9.73. The minimum Gasteiger partial charge on any atom is -0.463 e. The van der Waals surface area contributed by atoms with Crippen molar-refractivity contribution < 1.29 is 23.9 Å². The maximum absolute atomic E-state index is 13.0. The fraction of sp³-hybridized carbons (Fsp3) is 0.842. The Morgan fingerprint density at radius 1 is 0.880 bits per heavy atom. The molecule has 5 fully saturated rings. The highest BCUT2D eigenvalue weighted by atomic mass is 16.6. The third-order valence-corrected chi connectivity index (χ3v) is 6.71. The highest BCUT2D eigenvalue weighted by molar-refractivity contribution is 5.93. The van der Waals surface area contributed by atoms with Gasteiger partial charge in [0.15, 0.2) is 5.78 Å². The van der Waals surface area contributed by atoms with Gasteiger partial charge in [-0.05, 0) is 38.5 Å². The first-order chi connectivity index (χ1) is 12.1. The van der Waals surface area contributed by atoms with Crippen molar-refractivity contribution in [3.8, 4) is 0 Å². The zero-order valence-electron chi connectivity index (χ0n) is 14.7. The lowest BCUT2D eigenvalue weighted by Gasteiger charge is -2.51. The van der Waals surface area contributed by atoms with Gasteiger partial charge < -0.3 is 9.47 Å². The number of fused-ring (bicyclic) bond motifs is 3. The van der Waals surface area contributed by atoms with Gasteiger partial charge in [0.1, 0.15) is 18.8 Å². The molecule has 5 rings (SSSR count). The van der Waals surface area contributed by atoms with Gasteiger partial charge in [0.25, 0.3) is 0 Å². The van der Waals surface area contributed by atoms with E-state index in [4.69, 9.17) is 9.47 Å². The zero-order chi connectivity index (χ0) is 17.4. The van der Waals surface area contributed by atoms with Crippen LogP contribution in [-0.2, 0) is 23.9 Å². The second-order valence-corrected chi connectivity index (χ2v) is 8.13. The molecule has 0 unspecified atom stereocenters. The van der Waals surface area contributed by atoms with Crippen molar-refractivity contribution in [2.45, 2.75) is 56.9 Å². The van der Waals surface area contributed by atoms with Crippen LogP contribution in [0.4, 0.5) is 0 Å². The number of rotatable bonds is 6. The summed E-state index contributed by atoms with van der Waals surface area (Å²) in [6, 6.07) is 0. The Kier molecular flexibility index (Phi) is 4.56. The van der Waals surface area contributed by atoms with Crippen molar-refractivity contribution in [3.63, 3.8) is 0 Å². The fourth-order valence-corrected chi connectivity index (χ4v) is 4.38. The summed E-state index contributed by atoms with van der Waals surface area (Å²) in [4.78, 5) is 39.4. The molecule has 5 aliphatic rings. The van der Waals surface area contributed by atoms with E-state index in [-0.39, 0.29) is 48.7 Å². The van der Waals surface area contributed by atoms with E-state index in [1.165, 1.54) is 0 Å². The quantitative estimate of drug-likeness (QED) is 0.680. The number of ether oxygens (including phenoxy) is 2. The average molecular weight is 349 g/mol. The van der Waals surface area contributed by atoms with Gasteiger partial charge in [-0.1, -0.05) is 12.8 Å². The molecule has 0 aromatic heterocycles. The lowest BCUT2D eigenvalue weighted by atomic mass is 9.73. The lowest BCUT2D eigenvalue weighted by Crippen LogP contribution is -2.69. The average Bonchev–Trinajstić information content (AvgIpc) is 2.51. The standard InChI is InChI=1S/C19H27NO5/c21-16-13-7-9-20(10-8-13)19(16,11-24-17(22)14-3-1-4-14)12-25-18(23)15-5-2-6-15/h13-15H,1-12H2. The number of ketones is 1. The highest BCUT2D eigenvalue weighted by Gasteiger charge is 2.55. The largest absolute Gasteiger partial charge is 0.463 e. The van der Waals surface area contributed by atoms with Crippen molar-refractivity contribution >= 4 is 17.7 Å². The summed E-state index contributed by atoms with van der Waals surface area (Å²) in [7, 11) is 0. The molecule has 0 N–H and O–H groups in total. The summed E-state index contributed by atoms with van der Waals surface area (Å²) in [5, 5.41) is 0. The number of piperidine rings is 3. The molecule has 6 heteroatoms. The van der Waals surface area contributed by atoms with E-state index in [0.717, 1.165) is 64.5 Å². The monoisotopic (exact) mass is 349 g/mol. The fourth-order valence-electron chi connectivity index (χ4n) is 4.38. The van der Waals surface area contributed by atoms with E-state index in [0.29, 0.717) is 0 Å². The summed E-state index contributed by atoms with van der Waals surface area (Å²) in [5.41, 5.74) is -0.958. The topological polar surface area (TPSA) is 72.9 Å². The molecular weight excluding hydrogens is 322 g/mol. The Hall–Kier alpha value is -1.43. The second-order valence-electron chi connectivity index (χ2n) is 8.13.